The Morgan fingerprint density at radius 3 is 3.18 bits per heavy atom. The van der Waals surface area contributed by atoms with Crippen molar-refractivity contribution in [3.8, 4) is 0 Å². The van der Waals surface area contributed by atoms with Crippen molar-refractivity contribution < 1.29 is 0 Å². The van der Waals surface area contributed by atoms with E-state index in [0.29, 0.717) is 0 Å². The number of hydrogen-bond acceptors (Lipinski definition) is 2. The minimum absolute atomic E-state index is 1.02. The normalized spacial score (nSPS) is 10.3. The maximum Gasteiger partial charge on any atom is 0.104 e. The van der Waals surface area contributed by atoms with Crippen LogP contribution >= 0.6 is 0 Å². The summed E-state index contributed by atoms with van der Waals surface area (Å²) in [6.07, 6.45) is 3.62. The number of nitrogens with one attached hydrogen (secondary N) is 2. The summed E-state index contributed by atoms with van der Waals surface area (Å²) in [4.78, 5) is 7.21. The van der Waals surface area contributed by atoms with Crippen LogP contribution in [0.25, 0.3) is 10.9 Å². The summed E-state index contributed by atoms with van der Waals surface area (Å²) in [5.74, 6) is 1.02. The van der Waals surface area contributed by atoms with Crippen molar-refractivity contribution in [3.05, 3.63) is 24.5 Å². The van der Waals surface area contributed by atoms with Crippen LogP contribution in [0.15, 0.2) is 24.5 Å². The third-order valence-electron chi connectivity index (χ3n) is 1.69. The molecule has 0 saturated heterocycles. The van der Waals surface area contributed by atoms with Crippen LogP contribution in [0.1, 0.15) is 0 Å². The smallest absolute Gasteiger partial charge is 0.104 e. The molecule has 2 rings (SSSR count). The molecule has 0 radical (unpaired) electrons. The number of anilines is 1. The van der Waals surface area contributed by atoms with Crippen molar-refractivity contribution in [2.75, 3.05) is 12.4 Å². The molecule has 0 fully saturated rings. The maximum absolute atomic E-state index is 4.01. The first-order valence-corrected chi connectivity index (χ1v) is 3.50. The van der Waals surface area contributed by atoms with Crippen LogP contribution in [0.2, 0.25) is 0 Å². The molecule has 2 N–H and O–H groups in total. The lowest BCUT2D eigenvalue weighted by Crippen LogP contribution is -1.85. The second kappa shape index (κ2) is 2.27. The highest BCUT2D eigenvalue weighted by atomic mass is 15.0. The fraction of sp³-hybridized carbons (Fsp3) is 0.125. The minimum atomic E-state index is 1.02. The zero-order valence-corrected chi connectivity index (χ0v) is 6.26. The Balaban J connectivity index is 2.69. The molecule has 0 saturated carbocycles. The molecule has 0 aliphatic heterocycles. The predicted octanol–water partition coefficient (Wildman–Crippen LogP) is 1.60. The Labute approximate surface area is 64.5 Å². The molecule has 2 aromatic rings. The Morgan fingerprint density at radius 2 is 2.45 bits per heavy atom. The highest BCUT2D eigenvalue weighted by Crippen LogP contribution is 2.15. The van der Waals surface area contributed by atoms with E-state index in [1.165, 1.54) is 0 Å². The van der Waals surface area contributed by atoms with Crippen molar-refractivity contribution in [2.45, 2.75) is 0 Å². The molecule has 0 amide bonds. The van der Waals surface area contributed by atoms with E-state index in [1.54, 1.807) is 6.20 Å². The van der Waals surface area contributed by atoms with Gasteiger partial charge in [-0.2, -0.15) is 0 Å². The number of H-pyrrole nitrogens is 1. The molecule has 2 aromatic heterocycles. The Bertz CT molecular complexity index is 331. The lowest BCUT2D eigenvalue weighted by molar-refractivity contribution is 1.35. The predicted molar refractivity (Wildman–Crippen MR) is 45.6 cm³/mol. The van der Waals surface area contributed by atoms with Crippen molar-refractivity contribution >= 4 is 16.7 Å². The summed E-state index contributed by atoms with van der Waals surface area (Å²) >= 11 is 0. The van der Waals surface area contributed by atoms with Gasteiger partial charge in [-0.15, -0.1) is 0 Å². The number of pyridine rings is 1. The van der Waals surface area contributed by atoms with Crippen LogP contribution in [0.5, 0.6) is 0 Å². The fourth-order valence-electron chi connectivity index (χ4n) is 1.11. The Hall–Kier alpha value is -1.51. The van der Waals surface area contributed by atoms with Crippen LogP contribution in [0, 0.1) is 0 Å². The molecule has 0 bridgehead atoms. The molecule has 0 atom stereocenters. The van der Waals surface area contributed by atoms with Gasteiger partial charge in [0.1, 0.15) is 5.82 Å². The van der Waals surface area contributed by atoms with Crippen LogP contribution in [0.3, 0.4) is 0 Å². The summed E-state index contributed by atoms with van der Waals surface area (Å²) in [7, 11) is 1.89. The number of aromatic amines is 1. The van der Waals surface area contributed by atoms with Crippen molar-refractivity contribution in [1.82, 2.24) is 9.97 Å². The van der Waals surface area contributed by atoms with E-state index in [0.717, 1.165) is 16.7 Å². The van der Waals surface area contributed by atoms with Gasteiger partial charge in [-0.1, -0.05) is 0 Å². The molecular weight excluding hydrogens is 138 g/mol. The van der Waals surface area contributed by atoms with Gasteiger partial charge in [0, 0.05) is 24.8 Å². The fourth-order valence-corrected chi connectivity index (χ4v) is 1.11. The molecule has 0 spiro atoms. The van der Waals surface area contributed by atoms with E-state index >= 15 is 0 Å². The van der Waals surface area contributed by atoms with Gasteiger partial charge in [0.25, 0.3) is 0 Å². The number of aromatic nitrogens is 2. The quantitative estimate of drug-likeness (QED) is 0.643. The summed E-state index contributed by atoms with van der Waals surface area (Å²) in [6.45, 7) is 0. The summed E-state index contributed by atoms with van der Waals surface area (Å²) in [5.41, 5.74) is 1.12. The molecule has 56 valence electrons. The van der Waals surface area contributed by atoms with Gasteiger partial charge in [0.05, 0.1) is 5.52 Å². The van der Waals surface area contributed by atoms with E-state index < -0.39 is 0 Å². The molecule has 0 aliphatic carbocycles. The monoisotopic (exact) mass is 147 g/mol. The molecule has 3 heteroatoms. The Kier molecular flexibility index (Phi) is 1.28. The maximum atomic E-state index is 4.01. The van der Waals surface area contributed by atoms with Crippen molar-refractivity contribution in [3.63, 3.8) is 0 Å². The summed E-state index contributed by atoms with van der Waals surface area (Å²) < 4.78 is 0. The number of hydrogen-bond donors (Lipinski definition) is 2. The standard InChI is InChI=1S/C8H9N3/c1-9-8-4-6-5-10-3-2-7(6)11-8/h2-5,9,11H,1H3. The van der Waals surface area contributed by atoms with Gasteiger partial charge in [0.2, 0.25) is 0 Å². The van der Waals surface area contributed by atoms with Crippen LogP contribution < -0.4 is 5.32 Å². The highest BCUT2D eigenvalue weighted by molar-refractivity contribution is 5.82. The number of rotatable bonds is 1. The third kappa shape index (κ3) is 0.941. The van der Waals surface area contributed by atoms with Crippen molar-refractivity contribution in [2.24, 2.45) is 0 Å². The zero-order chi connectivity index (χ0) is 7.68. The molecule has 0 aromatic carbocycles. The molecule has 11 heavy (non-hydrogen) atoms. The Morgan fingerprint density at radius 1 is 1.55 bits per heavy atom. The lowest BCUT2D eigenvalue weighted by atomic mass is 10.3. The highest BCUT2D eigenvalue weighted by Gasteiger charge is 1.95. The van der Waals surface area contributed by atoms with Crippen LogP contribution in [-0.4, -0.2) is 17.0 Å². The van der Waals surface area contributed by atoms with Gasteiger partial charge in [0.15, 0.2) is 0 Å². The number of nitrogens with zero attached hydrogens (tertiary/aromatic N) is 1. The minimum Gasteiger partial charge on any atom is -0.375 e. The number of fused-ring (bicyclic) bond motifs is 1. The summed E-state index contributed by atoms with van der Waals surface area (Å²) in [5, 5.41) is 4.17. The average molecular weight is 147 g/mol. The summed E-state index contributed by atoms with van der Waals surface area (Å²) in [6, 6.07) is 3.98. The van der Waals surface area contributed by atoms with Gasteiger partial charge in [-0.05, 0) is 12.1 Å². The van der Waals surface area contributed by atoms with E-state index in [2.05, 4.69) is 15.3 Å². The molecule has 0 unspecified atom stereocenters. The SMILES string of the molecule is CNc1cc2cnccc2[nH]1. The van der Waals surface area contributed by atoms with E-state index in [9.17, 15) is 0 Å². The van der Waals surface area contributed by atoms with Gasteiger partial charge in [-0.3, -0.25) is 4.98 Å². The first-order valence-electron chi connectivity index (χ1n) is 3.50. The topological polar surface area (TPSA) is 40.7 Å². The molecule has 2 heterocycles. The average Bonchev–Trinajstić information content (AvgIpc) is 2.46. The third-order valence-corrected chi connectivity index (χ3v) is 1.69. The molecule has 3 nitrogen and oxygen atoms in total. The van der Waals surface area contributed by atoms with Crippen LogP contribution in [0.4, 0.5) is 5.82 Å². The van der Waals surface area contributed by atoms with E-state index in [-0.39, 0.29) is 0 Å². The molecular formula is C8H9N3. The zero-order valence-electron chi connectivity index (χ0n) is 6.26. The van der Waals surface area contributed by atoms with E-state index in [1.807, 2.05) is 25.4 Å². The van der Waals surface area contributed by atoms with Gasteiger partial charge in [-0.25, -0.2) is 0 Å². The largest absolute Gasteiger partial charge is 0.375 e. The lowest BCUT2D eigenvalue weighted by Gasteiger charge is -1.88. The van der Waals surface area contributed by atoms with Gasteiger partial charge < -0.3 is 10.3 Å². The second-order valence-electron chi connectivity index (χ2n) is 2.40. The van der Waals surface area contributed by atoms with E-state index in [4.69, 9.17) is 0 Å². The first-order chi connectivity index (χ1) is 5.40. The van der Waals surface area contributed by atoms with Gasteiger partial charge >= 0.3 is 0 Å². The van der Waals surface area contributed by atoms with Crippen molar-refractivity contribution in [1.29, 1.82) is 0 Å². The van der Waals surface area contributed by atoms with Crippen LogP contribution in [-0.2, 0) is 0 Å². The molecule has 0 aliphatic rings. The first kappa shape index (κ1) is 6.22. The second-order valence-corrected chi connectivity index (χ2v) is 2.40.